The third kappa shape index (κ3) is 25.8. The van der Waals surface area contributed by atoms with Gasteiger partial charge < -0.3 is 0 Å². The largest absolute Gasteiger partial charge is 0.0885 e. The van der Waals surface area contributed by atoms with Crippen molar-refractivity contribution in [2.75, 3.05) is 0 Å². The van der Waals surface area contributed by atoms with Crippen molar-refractivity contribution in [3.05, 3.63) is 26.0 Å². The summed E-state index contributed by atoms with van der Waals surface area (Å²) in [6.07, 6.45) is 38.1. The van der Waals surface area contributed by atoms with Crippen molar-refractivity contribution in [1.82, 2.24) is 0 Å². The number of hydrogen-bond donors (Lipinski definition) is 0. The Labute approximate surface area is 193 Å². The number of unbranched alkanes of at least 4 members (excludes halogenated alkanes) is 19. The van der Waals surface area contributed by atoms with E-state index in [4.69, 9.17) is 0 Å². The molecule has 0 rings (SSSR count). The molecule has 0 nitrogen and oxygen atoms in total. The molecule has 0 bridgehead atoms. The zero-order chi connectivity index (χ0) is 22.0. The molecule has 0 saturated heterocycles. The lowest BCUT2D eigenvalue weighted by molar-refractivity contribution is 0.430. The predicted octanol–water partition coefficient (Wildman–Crippen LogP) is 11.2. The second-order valence-electron chi connectivity index (χ2n) is 9.80. The van der Waals surface area contributed by atoms with Gasteiger partial charge in [0.25, 0.3) is 0 Å². The summed E-state index contributed by atoms with van der Waals surface area (Å²) in [4.78, 5) is 0. The Kier molecular flexibility index (Phi) is 26.5. The van der Waals surface area contributed by atoms with Crippen molar-refractivity contribution in [2.45, 2.75) is 161 Å². The molecule has 1 atom stereocenters. The van der Waals surface area contributed by atoms with Gasteiger partial charge in [0.15, 0.2) is 0 Å². The summed E-state index contributed by atoms with van der Waals surface area (Å²) in [5.41, 5.74) is 0. The monoisotopic (exact) mass is 418 g/mol. The topological polar surface area (TPSA) is 0 Å². The van der Waals surface area contributed by atoms with Gasteiger partial charge in [-0.05, 0) is 31.6 Å². The van der Waals surface area contributed by atoms with Gasteiger partial charge in [-0.3, -0.25) is 0 Å². The number of rotatable bonds is 25. The van der Waals surface area contributed by atoms with Gasteiger partial charge >= 0.3 is 0 Å². The summed E-state index contributed by atoms with van der Waals surface area (Å²) in [6, 6.07) is 0. The maximum Gasteiger partial charge on any atom is -0.0351 e. The first-order valence-corrected chi connectivity index (χ1v) is 14.0. The highest BCUT2D eigenvalue weighted by Crippen LogP contribution is 2.19. The molecular weight excluding hydrogens is 360 g/mol. The van der Waals surface area contributed by atoms with Crippen molar-refractivity contribution in [3.8, 4) is 0 Å². The van der Waals surface area contributed by atoms with Gasteiger partial charge in [-0.25, -0.2) is 0 Å². The number of hydrogen-bond acceptors (Lipinski definition) is 0. The molecule has 2 radical (unpaired) electrons. The molecule has 1 unspecified atom stereocenters. The van der Waals surface area contributed by atoms with Crippen molar-refractivity contribution >= 4 is 0 Å². The molecule has 0 N–H and O–H groups in total. The molecule has 0 heteroatoms. The first-order valence-electron chi connectivity index (χ1n) is 14.0. The normalized spacial score (nSPS) is 12.8. The van der Waals surface area contributed by atoms with Crippen molar-refractivity contribution < 1.29 is 0 Å². The molecule has 0 saturated carbocycles. The summed E-state index contributed by atoms with van der Waals surface area (Å²) in [5.74, 6) is 0.951. The second kappa shape index (κ2) is 26.8. The summed E-state index contributed by atoms with van der Waals surface area (Å²) in [6.45, 7) is 10.3. The van der Waals surface area contributed by atoms with E-state index in [2.05, 4.69) is 32.9 Å². The molecular formula is C30H58. The standard InChI is InChI=1S/C30H58/c1-4-6-8-10-12-14-16-17-19-21-23-25-27-29-30(3)28-26-24-22-20-18-15-13-11-9-7-5-2/h9,11,30H,1-2,4-8,10,12-29H2,3H3/b11-9+. The Morgan fingerprint density at radius 3 is 1.23 bits per heavy atom. The van der Waals surface area contributed by atoms with E-state index in [0.717, 1.165) is 25.2 Å². The van der Waals surface area contributed by atoms with Crippen LogP contribution in [0.5, 0.6) is 0 Å². The Balaban J connectivity index is 3.16. The summed E-state index contributed by atoms with van der Waals surface area (Å²) >= 11 is 0. The third-order valence-corrected chi connectivity index (χ3v) is 6.55. The number of allylic oxidation sites excluding steroid dienone is 2. The fraction of sp³-hybridized carbons (Fsp3) is 0.867. The van der Waals surface area contributed by atoms with Gasteiger partial charge in [-0.2, -0.15) is 0 Å². The van der Waals surface area contributed by atoms with E-state index >= 15 is 0 Å². The Hall–Kier alpha value is -0.260. The SMILES string of the molecule is [CH2]CC/C=C/CCCCCCCCC(C)CCCCCCCCCCCCCC[CH2]. The van der Waals surface area contributed by atoms with Gasteiger partial charge in [0.1, 0.15) is 0 Å². The highest BCUT2D eigenvalue weighted by Gasteiger charge is 2.02. The van der Waals surface area contributed by atoms with Crippen LogP contribution >= 0.6 is 0 Å². The molecule has 0 aromatic carbocycles. The lowest BCUT2D eigenvalue weighted by Crippen LogP contribution is -1.95. The molecule has 0 aliphatic rings. The van der Waals surface area contributed by atoms with Crippen LogP contribution in [0.2, 0.25) is 0 Å². The van der Waals surface area contributed by atoms with E-state index in [-0.39, 0.29) is 0 Å². The lowest BCUT2D eigenvalue weighted by Gasteiger charge is -2.11. The van der Waals surface area contributed by atoms with E-state index in [1.54, 1.807) is 0 Å². The highest BCUT2D eigenvalue weighted by molar-refractivity contribution is 4.81. The first-order chi connectivity index (χ1) is 14.8. The van der Waals surface area contributed by atoms with Crippen molar-refractivity contribution in [2.24, 2.45) is 5.92 Å². The van der Waals surface area contributed by atoms with Crippen LogP contribution in [0.1, 0.15) is 161 Å². The minimum Gasteiger partial charge on any atom is -0.0885 e. The van der Waals surface area contributed by atoms with Gasteiger partial charge in [0.05, 0.1) is 0 Å². The van der Waals surface area contributed by atoms with Crippen LogP contribution in [0.3, 0.4) is 0 Å². The summed E-state index contributed by atoms with van der Waals surface area (Å²) in [5, 5.41) is 0. The fourth-order valence-electron chi connectivity index (χ4n) is 4.40. The Bertz CT molecular complexity index is 316. The molecule has 30 heavy (non-hydrogen) atoms. The maximum atomic E-state index is 3.92. The van der Waals surface area contributed by atoms with Crippen LogP contribution in [0.15, 0.2) is 12.2 Å². The van der Waals surface area contributed by atoms with Crippen LogP contribution in [-0.4, -0.2) is 0 Å². The second-order valence-corrected chi connectivity index (χ2v) is 9.80. The van der Waals surface area contributed by atoms with Gasteiger partial charge in [0, 0.05) is 0 Å². The van der Waals surface area contributed by atoms with E-state index in [9.17, 15) is 0 Å². The van der Waals surface area contributed by atoms with Crippen molar-refractivity contribution in [1.29, 1.82) is 0 Å². The van der Waals surface area contributed by atoms with Crippen LogP contribution in [0, 0.1) is 19.8 Å². The average molecular weight is 419 g/mol. The molecule has 0 aliphatic heterocycles. The zero-order valence-corrected chi connectivity index (χ0v) is 21.1. The van der Waals surface area contributed by atoms with Crippen molar-refractivity contribution in [3.63, 3.8) is 0 Å². The molecule has 0 aliphatic carbocycles. The predicted molar refractivity (Wildman–Crippen MR) is 140 cm³/mol. The molecule has 178 valence electrons. The minimum atomic E-state index is 0.951. The molecule has 0 fully saturated rings. The molecule has 0 aromatic rings. The third-order valence-electron chi connectivity index (χ3n) is 6.55. The van der Waals surface area contributed by atoms with Crippen LogP contribution in [0.4, 0.5) is 0 Å². The maximum absolute atomic E-state index is 3.92. The zero-order valence-electron chi connectivity index (χ0n) is 21.1. The quantitative estimate of drug-likeness (QED) is 0.102. The molecule has 0 spiro atoms. The van der Waals surface area contributed by atoms with E-state index in [1.807, 2.05) is 0 Å². The fourth-order valence-corrected chi connectivity index (χ4v) is 4.40. The molecule has 0 aromatic heterocycles. The Morgan fingerprint density at radius 2 is 0.800 bits per heavy atom. The van der Waals surface area contributed by atoms with Crippen LogP contribution in [0.25, 0.3) is 0 Å². The minimum absolute atomic E-state index is 0.951. The smallest absolute Gasteiger partial charge is 0.0351 e. The van der Waals surface area contributed by atoms with Gasteiger partial charge in [0.2, 0.25) is 0 Å². The Morgan fingerprint density at radius 1 is 0.433 bits per heavy atom. The van der Waals surface area contributed by atoms with Crippen LogP contribution < -0.4 is 0 Å². The lowest BCUT2D eigenvalue weighted by atomic mass is 9.95. The summed E-state index contributed by atoms with van der Waals surface area (Å²) in [7, 11) is 0. The van der Waals surface area contributed by atoms with Gasteiger partial charge in [-0.1, -0.05) is 161 Å². The van der Waals surface area contributed by atoms with E-state index < -0.39 is 0 Å². The highest BCUT2D eigenvalue weighted by atomic mass is 14.1. The average Bonchev–Trinajstić information content (AvgIpc) is 2.75. The van der Waals surface area contributed by atoms with Gasteiger partial charge in [-0.15, -0.1) is 0 Å². The van der Waals surface area contributed by atoms with E-state index in [0.29, 0.717) is 0 Å². The first kappa shape index (κ1) is 29.7. The molecule has 0 heterocycles. The van der Waals surface area contributed by atoms with E-state index in [1.165, 1.54) is 135 Å². The van der Waals surface area contributed by atoms with Crippen LogP contribution in [-0.2, 0) is 0 Å². The summed E-state index contributed by atoms with van der Waals surface area (Å²) < 4.78 is 0. The molecule has 0 amide bonds.